The third-order valence-corrected chi connectivity index (χ3v) is 8.77. The number of fused-ring (bicyclic) bond motifs is 1. The van der Waals surface area contributed by atoms with Crippen molar-refractivity contribution in [2.24, 2.45) is 11.3 Å². The molecule has 0 radical (unpaired) electrons. The van der Waals surface area contributed by atoms with Crippen LogP contribution in [0.2, 0.25) is 10.0 Å². The molecule has 1 N–H and O–H groups in total. The minimum atomic E-state index is -0.399. The molecule has 5 rings (SSSR count). The fourth-order valence-corrected chi connectivity index (χ4v) is 6.01. The predicted octanol–water partition coefficient (Wildman–Crippen LogP) is 5.72. The lowest BCUT2D eigenvalue weighted by molar-refractivity contribution is -0.115. The van der Waals surface area contributed by atoms with Crippen LogP contribution in [0.15, 0.2) is 31.0 Å². The highest BCUT2D eigenvalue weighted by molar-refractivity contribution is 6.41. The van der Waals surface area contributed by atoms with Gasteiger partial charge in [0.1, 0.15) is 23.1 Å². The molecule has 2 atom stereocenters. The van der Waals surface area contributed by atoms with Crippen molar-refractivity contribution in [2.75, 3.05) is 50.7 Å². The van der Waals surface area contributed by atoms with E-state index in [2.05, 4.69) is 27.8 Å². The molecule has 2 aromatic heterocycles. The minimum absolute atomic E-state index is 0.00386. The lowest BCUT2D eigenvalue weighted by atomic mass is 9.82. The van der Waals surface area contributed by atoms with E-state index in [0.29, 0.717) is 85.6 Å². The third-order valence-electron chi connectivity index (χ3n) is 8.02. The number of ether oxygens (including phenoxy) is 3. The van der Waals surface area contributed by atoms with Gasteiger partial charge in [-0.1, -0.05) is 29.8 Å². The maximum atomic E-state index is 12.0. The van der Waals surface area contributed by atoms with Crippen LogP contribution in [-0.2, 0) is 9.53 Å². The van der Waals surface area contributed by atoms with Crippen molar-refractivity contribution in [3.63, 3.8) is 0 Å². The zero-order chi connectivity index (χ0) is 30.0. The van der Waals surface area contributed by atoms with Gasteiger partial charge in [0.05, 0.1) is 72.3 Å². The number of halogens is 2. The van der Waals surface area contributed by atoms with E-state index in [0.717, 1.165) is 5.39 Å². The molecule has 1 aromatic carbocycles. The first kappa shape index (κ1) is 29.8. The summed E-state index contributed by atoms with van der Waals surface area (Å²) < 4.78 is 16.6. The quantitative estimate of drug-likeness (QED) is 0.301. The number of methoxy groups -OCH3 is 2. The molecule has 4 heterocycles. The lowest BCUT2D eigenvalue weighted by Gasteiger charge is -2.36. The van der Waals surface area contributed by atoms with Crippen LogP contribution < -0.4 is 19.7 Å². The summed E-state index contributed by atoms with van der Waals surface area (Å²) in [6.07, 6.45) is 4.75. The van der Waals surface area contributed by atoms with Crippen LogP contribution in [-0.4, -0.2) is 67.3 Å². The first-order valence-electron chi connectivity index (χ1n) is 13.6. The number of nitrogens with one attached hydrogen (secondary N) is 1. The first-order chi connectivity index (χ1) is 20.2. The van der Waals surface area contributed by atoms with Crippen molar-refractivity contribution in [2.45, 2.75) is 32.2 Å². The second-order valence-corrected chi connectivity index (χ2v) is 11.6. The summed E-state index contributed by atoms with van der Waals surface area (Å²) in [7, 11) is 3.02. The standard InChI is InChI=1S/C30H32Cl2N6O4/c1-5-18(39)10-17-14-42-15-21(17)35-24-11-19-20(13-34-24)36-28(25-26(31)22(40-3)12-23(41-4)27(25)32)37-29(19)38-8-6-30(2,16-33)7-9-38/h5,11-13,17,21H,1,6-10,14-15H2,2-4H3,(H,34,35)/t17-,21+/m0/s1. The Bertz CT molecular complexity index is 1540. The van der Waals surface area contributed by atoms with E-state index in [1.54, 1.807) is 12.3 Å². The van der Waals surface area contributed by atoms with Crippen molar-refractivity contribution in [1.29, 1.82) is 5.26 Å². The average Bonchev–Trinajstić information content (AvgIpc) is 3.43. The smallest absolute Gasteiger partial charge is 0.165 e. The number of hydrogen-bond donors (Lipinski definition) is 1. The number of pyridine rings is 1. The number of carbonyl (C=O) groups excluding carboxylic acids is 1. The Balaban J connectivity index is 1.60. The molecule has 2 fully saturated rings. The molecule has 0 bridgehead atoms. The lowest BCUT2D eigenvalue weighted by Crippen LogP contribution is -2.38. The molecule has 42 heavy (non-hydrogen) atoms. The molecule has 10 nitrogen and oxygen atoms in total. The fraction of sp³-hybridized carbons (Fsp3) is 0.433. The summed E-state index contributed by atoms with van der Waals surface area (Å²) in [4.78, 5) is 28.6. The first-order valence-corrected chi connectivity index (χ1v) is 14.4. The summed E-state index contributed by atoms with van der Waals surface area (Å²) in [5, 5.41) is 14.4. The van der Waals surface area contributed by atoms with Gasteiger partial charge in [0.2, 0.25) is 0 Å². The number of ketones is 1. The predicted molar refractivity (Wildman–Crippen MR) is 163 cm³/mol. The zero-order valence-corrected chi connectivity index (χ0v) is 25.3. The van der Waals surface area contributed by atoms with E-state index in [9.17, 15) is 10.1 Å². The Labute approximate surface area is 254 Å². The van der Waals surface area contributed by atoms with Gasteiger partial charge < -0.3 is 24.4 Å². The summed E-state index contributed by atoms with van der Waals surface area (Å²) in [5.41, 5.74) is 0.574. The van der Waals surface area contributed by atoms with Crippen LogP contribution >= 0.6 is 23.2 Å². The molecule has 2 saturated heterocycles. The Morgan fingerprint density at radius 1 is 1.21 bits per heavy atom. The molecule has 0 aliphatic carbocycles. The number of rotatable bonds is 9. The van der Waals surface area contributed by atoms with Gasteiger partial charge in [0.25, 0.3) is 0 Å². The maximum absolute atomic E-state index is 12.0. The van der Waals surface area contributed by atoms with E-state index < -0.39 is 5.41 Å². The Hall–Kier alpha value is -3.65. The van der Waals surface area contributed by atoms with Crippen LogP contribution in [0.4, 0.5) is 11.6 Å². The average molecular weight is 612 g/mol. The number of carbonyl (C=O) groups is 1. The monoisotopic (exact) mass is 610 g/mol. The SMILES string of the molecule is C=CC(=O)C[C@H]1COC[C@H]1Nc1cc2c(N3CCC(C)(C#N)CC3)nc(-c3c(Cl)c(OC)cc(OC)c3Cl)nc2cn1. The van der Waals surface area contributed by atoms with E-state index in [-0.39, 0.29) is 27.8 Å². The van der Waals surface area contributed by atoms with E-state index in [1.165, 1.54) is 20.3 Å². The summed E-state index contributed by atoms with van der Waals surface area (Å²) >= 11 is 13.5. The summed E-state index contributed by atoms with van der Waals surface area (Å²) in [6.45, 7) is 7.78. The van der Waals surface area contributed by atoms with Crippen molar-refractivity contribution < 1.29 is 19.0 Å². The highest BCUT2D eigenvalue weighted by Crippen LogP contribution is 2.46. The van der Waals surface area contributed by atoms with Crippen molar-refractivity contribution in [3.8, 4) is 29.0 Å². The van der Waals surface area contributed by atoms with Gasteiger partial charge >= 0.3 is 0 Å². The number of allylic oxidation sites excluding steroid dienone is 1. The van der Waals surface area contributed by atoms with Crippen molar-refractivity contribution in [1.82, 2.24) is 15.0 Å². The molecule has 0 spiro atoms. The highest BCUT2D eigenvalue weighted by atomic mass is 35.5. The van der Waals surface area contributed by atoms with Crippen molar-refractivity contribution >= 4 is 51.5 Å². The number of nitrogens with zero attached hydrogens (tertiary/aromatic N) is 5. The molecule has 2 aliphatic heterocycles. The van der Waals surface area contributed by atoms with E-state index in [1.807, 2.05) is 13.0 Å². The number of benzene rings is 1. The van der Waals surface area contributed by atoms with Gasteiger partial charge in [-0.3, -0.25) is 4.79 Å². The number of anilines is 2. The minimum Gasteiger partial charge on any atom is -0.495 e. The second-order valence-electron chi connectivity index (χ2n) is 10.8. The third kappa shape index (κ3) is 5.82. The van der Waals surface area contributed by atoms with Crippen LogP contribution in [0.5, 0.6) is 11.5 Å². The molecule has 220 valence electrons. The van der Waals surface area contributed by atoms with Crippen LogP contribution in [0, 0.1) is 22.7 Å². The molecule has 0 unspecified atom stereocenters. The summed E-state index contributed by atoms with van der Waals surface area (Å²) in [5.74, 6) is 2.33. The number of piperidine rings is 1. The molecule has 3 aromatic rings. The zero-order valence-electron chi connectivity index (χ0n) is 23.7. The van der Waals surface area contributed by atoms with Gasteiger partial charge in [-0.15, -0.1) is 0 Å². The van der Waals surface area contributed by atoms with Crippen LogP contribution in [0.3, 0.4) is 0 Å². The van der Waals surface area contributed by atoms with Gasteiger partial charge in [-0.25, -0.2) is 15.0 Å². The summed E-state index contributed by atoms with van der Waals surface area (Å²) in [6, 6.07) is 5.89. The highest BCUT2D eigenvalue weighted by Gasteiger charge is 2.33. The molecular weight excluding hydrogens is 579 g/mol. The number of aromatic nitrogens is 3. The number of hydrogen-bond acceptors (Lipinski definition) is 10. The van der Waals surface area contributed by atoms with E-state index >= 15 is 0 Å². The van der Waals surface area contributed by atoms with Gasteiger partial charge in [-0.05, 0) is 31.9 Å². The second kappa shape index (κ2) is 12.3. The Morgan fingerprint density at radius 3 is 2.52 bits per heavy atom. The molecule has 0 amide bonds. The molecule has 2 aliphatic rings. The largest absolute Gasteiger partial charge is 0.495 e. The van der Waals surface area contributed by atoms with E-state index in [4.69, 9.17) is 47.4 Å². The Morgan fingerprint density at radius 2 is 1.90 bits per heavy atom. The van der Waals surface area contributed by atoms with Gasteiger partial charge in [-0.2, -0.15) is 5.26 Å². The van der Waals surface area contributed by atoms with Crippen LogP contribution in [0.1, 0.15) is 26.2 Å². The Kier molecular flexibility index (Phi) is 8.73. The maximum Gasteiger partial charge on any atom is 0.165 e. The normalized spacial score (nSPS) is 19.8. The number of nitriles is 1. The topological polar surface area (TPSA) is 122 Å². The van der Waals surface area contributed by atoms with Crippen molar-refractivity contribution in [3.05, 3.63) is 41.0 Å². The van der Waals surface area contributed by atoms with Gasteiger partial charge in [0, 0.05) is 36.9 Å². The van der Waals surface area contributed by atoms with Gasteiger partial charge in [0.15, 0.2) is 11.6 Å². The molecule has 12 heteroatoms. The molecule has 0 saturated carbocycles. The molecular formula is C30H32Cl2N6O4. The van der Waals surface area contributed by atoms with Crippen LogP contribution in [0.25, 0.3) is 22.3 Å². The fourth-order valence-electron chi connectivity index (χ4n) is 5.34.